The number of hydrogen-bond donors (Lipinski definition) is 0. The molecule has 168 valence electrons. The molecule has 2 aromatic carbocycles. The van der Waals surface area contributed by atoms with Crippen LogP contribution in [0.4, 0.5) is 13.2 Å². The molecule has 4 rings (SSSR count). The Hall–Kier alpha value is -2.63. The third-order valence-corrected chi connectivity index (χ3v) is 6.07. The highest BCUT2D eigenvalue weighted by molar-refractivity contribution is 7.90. The lowest BCUT2D eigenvalue weighted by Crippen LogP contribution is -2.42. The maximum Gasteiger partial charge on any atom is 0.435 e. The van der Waals surface area contributed by atoms with Crippen LogP contribution < -0.4 is 0 Å². The number of aromatic nitrogens is 3. The van der Waals surface area contributed by atoms with Crippen LogP contribution in [0.15, 0.2) is 59.1 Å². The molecule has 1 unspecified atom stereocenters. The molecule has 0 N–H and O–H groups in total. The molecule has 3 aromatic rings. The highest BCUT2D eigenvalue weighted by atomic mass is 35.5. The molecule has 0 saturated carbocycles. The summed E-state index contributed by atoms with van der Waals surface area (Å²) >= 11 is 11.8. The topological polar surface area (TPSA) is 86.4 Å². The molecule has 1 atom stereocenters. The third-order valence-electron chi connectivity index (χ3n) is 4.78. The Morgan fingerprint density at radius 2 is 1.72 bits per heavy atom. The molecular weight excluding hydrogens is 492 g/mol. The van der Waals surface area contributed by atoms with Gasteiger partial charge in [-0.1, -0.05) is 40.5 Å². The molecule has 0 bridgehead atoms. The van der Waals surface area contributed by atoms with Crippen molar-refractivity contribution in [1.29, 1.82) is 0 Å². The second-order valence-corrected chi connectivity index (χ2v) is 9.86. The van der Waals surface area contributed by atoms with Gasteiger partial charge < -0.3 is 4.84 Å². The average Bonchev–Trinajstić information content (AvgIpc) is 3.35. The first-order valence-electron chi connectivity index (χ1n) is 8.90. The summed E-state index contributed by atoms with van der Waals surface area (Å²) in [5.74, 6) is 0. The Morgan fingerprint density at radius 1 is 1.09 bits per heavy atom. The number of benzene rings is 2. The van der Waals surface area contributed by atoms with Crippen molar-refractivity contribution in [3.63, 3.8) is 0 Å². The van der Waals surface area contributed by atoms with Crippen LogP contribution in [0.25, 0.3) is 5.69 Å². The Kier molecular flexibility index (Phi) is 5.46. The van der Waals surface area contributed by atoms with Crippen molar-refractivity contribution < 1.29 is 26.4 Å². The molecule has 0 amide bonds. The summed E-state index contributed by atoms with van der Waals surface area (Å²) in [6.45, 7) is 0. The number of sulfone groups is 1. The van der Waals surface area contributed by atoms with Gasteiger partial charge in [-0.2, -0.15) is 13.2 Å². The van der Waals surface area contributed by atoms with E-state index in [1.165, 1.54) is 29.2 Å². The van der Waals surface area contributed by atoms with Crippen LogP contribution in [0.5, 0.6) is 0 Å². The van der Waals surface area contributed by atoms with Gasteiger partial charge in [0, 0.05) is 28.3 Å². The van der Waals surface area contributed by atoms with Crippen LogP contribution in [0.1, 0.15) is 17.5 Å². The van der Waals surface area contributed by atoms with Crippen LogP contribution >= 0.6 is 23.2 Å². The lowest BCUT2D eigenvalue weighted by molar-refractivity contribution is -0.275. The molecule has 0 fully saturated rings. The number of oxime groups is 1. The summed E-state index contributed by atoms with van der Waals surface area (Å²) in [6, 6.07) is 9.75. The van der Waals surface area contributed by atoms with E-state index in [1.54, 1.807) is 12.1 Å². The first-order valence-corrected chi connectivity index (χ1v) is 11.5. The fourth-order valence-corrected chi connectivity index (χ4v) is 4.20. The van der Waals surface area contributed by atoms with Gasteiger partial charge in [0.2, 0.25) is 9.84 Å². The summed E-state index contributed by atoms with van der Waals surface area (Å²) in [6.07, 6.45) is -3.18. The minimum Gasteiger partial charge on any atom is -0.374 e. The van der Waals surface area contributed by atoms with Gasteiger partial charge >= 0.3 is 6.18 Å². The van der Waals surface area contributed by atoms with E-state index < -0.39 is 28.0 Å². The Morgan fingerprint density at radius 3 is 2.25 bits per heavy atom. The smallest absolute Gasteiger partial charge is 0.374 e. The zero-order valence-corrected chi connectivity index (χ0v) is 18.5. The quantitative estimate of drug-likeness (QED) is 0.519. The minimum atomic E-state index is -4.80. The monoisotopic (exact) mass is 504 g/mol. The van der Waals surface area contributed by atoms with E-state index in [4.69, 9.17) is 28.0 Å². The molecule has 0 radical (unpaired) electrons. The zero-order valence-electron chi connectivity index (χ0n) is 16.1. The van der Waals surface area contributed by atoms with Gasteiger partial charge in [-0.15, -0.1) is 5.10 Å². The first-order chi connectivity index (χ1) is 14.9. The lowest BCUT2D eigenvalue weighted by atomic mass is 9.86. The van der Waals surface area contributed by atoms with E-state index in [1.807, 2.05) is 0 Å². The molecule has 1 aliphatic heterocycles. The predicted octanol–water partition coefficient (Wildman–Crippen LogP) is 4.56. The predicted molar refractivity (Wildman–Crippen MR) is 111 cm³/mol. The zero-order chi connectivity index (χ0) is 23.3. The number of hydrogen-bond acceptors (Lipinski definition) is 6. The van der Waals surface area contributed by atoms with Gasteiger partial charge in [0.1, 0.15) is 6.33 Å². The molecule has 0 spiro atoms. The summed E-state index contributed by atoms with van der Waals surface area (Å²) in [4.78, 5) is 8.71. The van der Waals surface area contributed by atoms with E-state index in [9.17, 15) is 21.6 Å². The molecule has 0 saturated heterocycles. The van der Waals surface area contributed by atoms with Crippen molar-refractivity contribution in [3.05, 3.63) is 70.0 Å². The molecule has 0 aliphatic carbocycles. The van der Waals surface area contributed by atoms with Crippen molar-refractivity contribution in [2.45, 2.75) is 23.4 Å². The van der Waals surface area contributed by atoms with Crippen molar-refractivity contribution in [1.82, 2.24) is 14.8 Å². The van der Waals surface area contributed by atoms with Gasteiger partial charge in [0.15, 0.2) is 0 Å². The number of halogens is 5. The normalized spacial score (nSPS) is 19.0. The van der Waals surface area contributed by atoms with Crippen molar-refractivity contribution in [2.75, 3.05) is 6.26 Å². The number of rotatable bonds is 4. The lowest BCUT2D eigenvalue weighted by Gasteiger charge is -2.29. The molecule has 1 aromatic heterocycles. The molecule has 1 aliphatic rings. The Balaban J connectivity index is 1.63. The standard InChI is InChI=1S/C19H13Cl2F3N4O3S/c1-32(29,30)17-25-10-28(26-17)15-4-2-11(3-5-15)16-9-18(31-27-16,19(22,23)24)12-6-13(20)8-14(21)7-12/h2-8,10H,9H2,1H3. The van der Waals surface area contributed by atoms with E-state index in [0.717, 1.165) is 18.4 Å². The Bertz CT molecular complexity index is 1300. The Labute approximate surface area is 190 Å². The van der Waals surface area contributed by atoms with Gasteiger partial charge in [0.05, 0.1) is 11.4 Å². The molecule has 13 heteroatoms. The van der Waals surface area contributed by atoms with Crippen molar-refractivity contribution >= 4 is 38.8 Å². The summed E-state index contributed by atoms with van der Waals surface area (Å²) in [5, 5.41) is 7.32. The van der Waals surface area contributed by atoms with E-state index in [-0.39, 0.29) is 26.5 Å². The minimum absolute atomic E-state index is 0.0406. The van der Waals surface area contributed by atoms with Crippen LogP contribution in [-0.2, 0) is 20.3 Å². The number of alkyl halides is 3. The van der Waals surface area contributed by atoms with Crippen molar-refractivity contribution in [3.8, 4) is 5.69 Å². The maximum atomic E-state index is 14.1. The first kappa shape index (κ1) is 22.6. The van der Waals surface area contributed by atoms with Gasteiger partial charge in [-0.25, -0.2) is 18.1 Å². The second kappa shape index (κ2) is 7.75. The highest BCUT2D eigenvalue weighted by Crippen LogP contribution is 2.49. The molecular formula is C19H13Cl2F3N4O3S. The van der Waals surface area contributed by atoms with Gasteiger partial charge in [0.25, 0.3) is 10.8 Å². The molecule has 7 nitrogen and oxygen atoms in total. The summed E-state index contributed by atoms with van der Waals surface area (Å²) in [7, 11) is -3.57. The van der Waals surface area contributed by atoms with Crippen LogP contribution in [0.3, 0.4) is 0 Å². The maximum absolute atomic E-state index is 14.1. The van der Waals surface area contributed by atoms with E-state index >= 15 is 0 Å². The largest absolute Gasteiger partial charge is 0.435 e. The van der Waals surface area contributed by atoms with Crippen LogP contribution in [0, 0.1) is 0 Å². The van der Waals surface area contributed by atoms with Gasteiger partial charge in [-0.05, 0) is 35.9 Å². The third kappa shape index (κ3) is 4.07. The highest BCUT2D eigenvalue weighted by Gasteiger charge is 2.62. The molecule has 2 heterocycles. The summed E-state index contributed by atoms with van der Waals surface area (Å²) in [5.41, 5.74) is -2.07. The number of nitrogens with zero attached hydrogens (tertiary/aromatic N) is 4. The molecule has 32 heavy (non-hydrogen) atoms. The van der Waals surface area contributed by atoms with Gasteiger partial charge in [-0.3, -0.25) is 0 Å². The SMILES string of the molecule is CS(=O)(=O)c1ncn(-c2ccc(C3=NOC(c4cc(Cl)cc(Cl)c4)(C(F)(F)F)C3)cc2)n1. The fourth-order valence-electron chi connectivity index (χ4n) is 3.19. The van der Waals surface area contributed by atoms with Crippen molar-refractivity contribution in [2.24, 2.45) is 5.16 Å². The summed E-state index contributed by atoms with van der Waals surface area (Å²) < 4.78 is 66.6. The van der Waals surface area contributed by atoms with E-state index in [2.05, 4.69) is 15.2 Å². The van der Waals surface area contributed by atoms with Crippen LogP contribution in [-0.4, -0.2) is 41.3 Å². The fraction of sp³-hybridized carbons (Fsp3) is 0.211. The van der Waals surface area contributed by atoms with E-state index in [0.29, 0.717) is 11.3 Å². The average molecular weight is 505 g/mol. The van der Waals surface area contributed by atoms with Crippen LogP contribution in [0.2, 0.25) is 10.0 Å². The second-order valence-electron chi connectivity index (χ2n) is 7.08.